The number of carbonyl (C=O) groups excluding carboxylic acids is 1. The zero-order chi connectivity index (χ0) is 27.4. The number of allylic oxidation sites excluding steroid dienone is 3. The molecule has 1 amide bonds. The van der Waals surface area contributed by atoms with Crippen LogP contribution in [-0.4, -0.2) is 37.5 Å². The summed E-state index contributed by atoms with van der Waals surface area (Å²) in [4.78, 5) is 33.2. The lowest BCUT2D eigenvalue weighted by molar-refractivity contribution is 0.0945. The third kappa shape index (κ3) is 6.23. The van der Waals surface area contributed by atoms with Gasteiger partial charge in [-0.05, 0) is 44.4 Å². The number of nitrogens with zero attached hydrogens (tertiary/aromatic N) is 5. The van der Waals surface area contributed by atoms with Crippen molar-refractivity contribution in [3.8, 4) is 5.75 Å². The van der Waals surface area contributed by atoms with Crippen LogP contribution in [0.4, 0.5) is 8.78 Å². The van der Waals surface area contributed by atoms with Crippen molar-refractivity contribution in [3.05, 3.63) is 92.9 Å². The van der Waals surface area contributed by atoms with E-state index in [1.54, 1.807) is 32.3 Å². The van der Waals surface area contributed by atoms with Crippen LogP contribution in [0.1, 0.15) is 41.6 Å². The highest BCUT2D eigenvalue weighted by Crippen LogP contribution is 2.25. The van der Waals surface area contributed by atoms with Crippen molar-refractivity contribution in [2.75, 3.05) is 0 Å². The lowest BCUT2D eigenvalue weighted by atomic mass is 10.2. The quantitative estimate of drug-likeness (QED) is 0.304. The van der Waals surface area contributed by atoms with Gasteiger partial charge in [0.15, 0.2) is 5.82 Å². The van der Waals surface area contributed by atoms with E-state index in [1.807, 2.05) is 0 Å². The molecule has 3 aromatic rings. The maximum Gasteiger partial charge on any atom is 0.277 e. The first kappa shape index (κ1) is 26.9. The van der Waals surface area contributed by atoms with Gasteiger partial charge in [0.2, 0.25) is 0 Å². The summed E-state index contributed by atoms with van der Waals surface area (Å²) in [6.07, 6.45) is 7.58. The molecule has 3 aromatic heterocycles. The second kappa shape index (κ2) is 11.5. The van der Waals surface area contributed by atoms with Crippen LogP contribution < -0.4 is 15.6 Å². The Morgan fingerprint density at radius 2 is 2.13 bits per heavy atom. The largest absolute Gasteiger partial charge is 0.485 e. The molecule has 0 aliphatic heterocycles. The Bertz CT molecular complexity index is 1510. The Kier molecular flexibility index (Phi) is 8.16. The minimum absolute atomic E-state index is 0.0332. The molecule has 4 rings (SSSR count). The Morgan fingerprint density at radius 1 is 1.37 bits per heavy atom. The number of hydrogen-bond donors (Lipinski definition) is 1. The summed E-state index contributed by atoms with van der Waals surface area (Å²) in [6, 6.07) is 4.09. The molecule has 198 valence electrons. The Hall–Kier alpha value is -4.12. The highest BCUT2D eigenvalue weighted by Gasteiger charge is 2.24. The molecule has 0 aromatic carbocycles. The number of ether oxygens (including phenoxy) is 1. The molecule has 0 atom stereocenters. The molecule has 3 heterocycles. The molecule has 0 spiro atoms. The van der Waals surface area contributed by atoms with Crippen molar-refractivity contribution in [1.29, 1.82) is 0 Å². The molecule has 12 heteroatoms. The van der Waals surface area contributed by atoms with E-state index in [0.717, 1.165) is 19.0 Å². The van der Waals surface area contributed by atoms with Gasteiger partial charge in [-0.25, -0.2) is 8.78 Å². The van der Waals surface area contributed by atoms with Crippen molar-refractivity contribution in [2.24, 2.45) is 4.99 Å². The van der Waals surface area contributed by atoms with Crippen molar-refractivity contribution < 1.29 is 18.3 Å². The van der Waals surface area contributed by atoms with Crippen molar-refractivity contribution in [1.82, 2.24) is 24.6 Å². The second-order valence-electron chi connectivity index (χ2n) is 8.69. The van der Waals surface area contributed by atoms with E-state index in [0.29, 0.717) is 28.7 Å². The smallest absolute Gasteiger partial charge is 0.277 e. The predicted octanol–water partition coefficient (Wildman–Crippen LogP) is 4.30. The topological polar surface area (TPSA) is 103 Å². The Labute approximate surface area is 222 Å². The van der Waals surface area contributed by atoms with Gasteiger partial charge in [-0.15, -0.1) is 0 Å². The van der Waals surface area contributed by atoms with Gasteiger partial charge in [0.25, 0.3) is 11.5 Å². The molecule has 0 bridgehead atoms. The summed E-state index contributed by atoms with van der Waals surface area (Å²) in [6.45, 7) is 7.05. The second-order valence-corrected chi connectivity index (χ2v) is 9.07. The average Bonchev–Trinajstić information content (AvgIpc) is 3.57. The maximum atomic E-state index is 13.9. The summed E-state index contributed by atoms with van der Waals surface area (Å²) in [5.41, 5.74) is 1.16. The molecular weight excluding hydrogens is 518 g/mol. The number of halogens is 3. The monoisotopic (exact) mass is 542 g/mol. The van der Waals surface area contributed by atoms with Gasteiger partial charge in [0.05, 0.1) is 11.9 Å². The molecule has 9 nitrogen and oxygen atoms in total. The van der Waals surface area contributed by atoms with Crippen molar-refractivity contribution in [3.63, 3.8) is 0 Å². The number of nitrogens with one attached hydrogen (secondary N) is 1. The number of aromatic nitrogens is 4. The maximum absolute atomic E-state index is 13.9. The van der Waals surface area contributed by atoms with E-state index in [9.17, 15) is 18.4 Å². The number of rotatable bonds is 10. The molecule has 1 N–H and O–H groups in total. The molecule has 1 fully saturated rings. The van der Waals surface area contributed by atoms with E-state index < -0.39 is 17.2 Å². The summed E-state index contributed by atoms with van der Waals surface area (Å²) in [5.74, 6) is -1.86. The van der Waals surface area contributed by atoms with Gasteiger partial charge in [-0.2, -0.15) is 5.10 Å². The zero-order valence-corrected chi connectivity index (χ0v) is 21.5. The number of amides is 1. The lowest BCUT2D eigenvalue weighted by Gasteiger charge is -2.16. The van der Waals surface area contributed by atoms with Gasteiger partial charge in [0.1, 0.15) is 41.3 Å². The molecule has 0 saturated heterocycles. The summed E-state index contributed by atoms with van der Waals surface area (Å²) in [7, 11) is 0. The number of carbonyl (C=O) groups is 1. The molecule has 38 heavy (non-hydrogen) atoms. The van der Waals surface area contributed by atoms with E-state index in [4.69, 9.17) is 16.3 Å². The Balaban J connectivity index is 1.50. The molecule has 1 saturated carbocycles. The highest BCUT2D eigenvalue weighted by atomic mass is 35.5. The number of hydrogen-bond acceptors (Lipinski definition) is 6. The van der Waals surface area contributed by atoms with Crippen LogP contribution in [0.15, 0.2) is 58.6 Å². The first-order valence-electron chi connectivity index (χ1n) is 11.7. The molecule has 1 aliphatic carbocycles. The van der Waals surface area contributed by atoms with E-state index in [2.05, 4.69) is 27.0 Å². The lowest BCUT2D eigenvalue weighted by Crippen LogP contribution is -2.25. The van der Waals surface area contributed by atoms with Crippen LogP contribution in [0.2, 0.25) is 5.02 Å². The highest BCUT2D eigenvalue weighted by molar-refractivity contribution is 6.31. The zero-order valence-electron chi connectivity index (χ0n) is 20.7. The van der Waals surface area contributed by atoms with Gasteiger partial charge >= 0.3 is 0 Å². The third-order valence-corrected chi connectivity index (χ3v) is 6.03. The van der Waals surface area contributed by atoms with Gasteiger partial charge in [0, 0.05) is 36.3 Å². The summed E-state index contributed by atoms with van der Waals surface area (Å²) >= 11 is 6.29. The first-order valence-corrected chi connectivity index (χ1v) is 12.1. The molecule has 1 aliphatic rings. The number of pyridine rings is 2. The van der Waals surface area contributed by atoms with Crippen LogP contribution in [0, 0.1) is 18.6 Å². The van der Waals surface area contributed by atoms with Crippen LogP contribution in [-0.2, 0) is 13.3 Å². The van der Waals surface area contributed by atoms with Crippen LogP contribution in [0.5, 0.6) is 5.75 Å². The fourth-order valence-electron chi connectivity index (χ4n) is 3.59. The molecule has 0 unspecified atom stereocenters. The van der Waals surface area contributed by atoms with E-state index in [1.165, 1.54) is 21.4 Å². The predicted molar refractivity (Wildman–Crippen MR) is 139 cm³/mol. The van der Waals surface area contributed by atoms with E-state index in [-0.39, 0.29) is 41.7 Å². The van der Waals surface area contributed by atoms with Crippen molar-refractivity contribution in [2.45, 2.75) is 46.0 Å². The van der Waals surface area contributed by atoms with Crippen LogP contribution in [0.25, 0.3) is 5.70 Å². The standard InChI is InChI=1S/C26H25ClF2N6O3/c1-4-22(15(2)11-30-14-34-8-7-20(33-34)25(36)32-18-5-6-18)35-16(3)9-23(24(27)26(35)37)38-13-21-19(29)10-17(28)12-31-21/h4,7-12,18H,1,5-6,13-14H2,2-3H3,(H,32,36)/b22-15+,30-11-. The Morgan fingerprint density at radius 3 is 2.82 bits per heavy atom. The SMILES string of the molecule is C=C/C(=C(C)\C=N/Cn1ccc(C(=O)NC2CC2)n1)n1c(C)cc(OCc2ncc(F)cc2F)c(Cl)c1=O. The van der Waals surface area contributed by atoms with Crippen LogP contribution >= 0.6 is 11.6 Å². The minimum Gasteiger partial charge on any atom is -0.485 e. The van der Waals surface area contributed by atoms with Gasteiger partial charge in [-0.3, -0.25) is 28.8 Å². The van der Waals surface area contributed by atoms with E-state index >= 15 is 0 Å². The van der Waals surface area contributed by atoms with Gasteiger partial charge < -0.3 is 10.1 Å². The minimum atomic E-state index is -0.870. The van der Waals surface area contributed by atoms with Gasteiger partial charge in [-0.1, -0.05) is 18.2 Å². The summed E-state index contributed by atoms with van der Waals surface area (Å²) in [5, 5.41) is 6.89. The fourth-order valence-corrected chi connectivity index (χ4v) is 3.78. The fraction of sp³-hybridized carbons (Fsp3) is 0.269. The number of aryl methyl sites for hydroxylation is 1. The normalized spacial score (nSPS) is 13.9. The first-order chi connectivity index (χ1) is 18.2. The van der Waals surface area contributed by atoms with Crippen LogP contribution in [0.3, 0.4) is 0 Å². The number of aliphatic imine (C=N–C) groups is 1. The summed E-state index contributed by atoms with van der Waals surface area (Å²) < 4.78 is 35.4. The van der Waals surface area contributed by atoms with Crippen molar-refractivity contribution >= 4 is 29.4 Å². The third-order valence-electron chi connectivity index (χ3n) is 5.68. The molecular formula is C26H25ClF2N6O3. The average molecular weight is 543 g/mol. The molecule has 0 radical (unpaired) electrons.